The van der Waals surface area contributed by atoms with E-state index in [1.165, 1.54) is 12.8 Å². The van der Waals surface area contributed by atoms with Gasteiger partial charge in [0.15, 0.2) is 5.82 Å². The summed E-state index contributed by atoms with van der Waals surface area (Å²) in [5.41, 5.74) is 5.92. The molecule has 3 aromatic heterocycles. The van der Waals surface area contributed by atoms with Crippen LogP contribution >= 0.6 is 11.6 Å². The fourth-order valence-electron chi connectivity index (χ4n) is 5.51. The zero-order valence-electron chi connectivity index (χ0n) is 18.4. The summed E-state index contributed by atoms with van der Waals surface area (Å²) < 4.78 is 21.9. The average molecular weight is 481 g/mol. The summed E-state index contributed by atoms with van der Waals surface area (Å²) in [5, 5.41) is 2.97. The number of aromatic amines is 1. The molecule has 174 valence electrons. The number of hydrogen-bond acceptors (Lipinski definition) is 6. The number of pyridine rings is 1. The van der Waals surface area contributed by atoms with Gasteiger partial charge < -0.3 is 15.0 Å². The predicted molar refractivity (Wildman–Crippen MR) is 122 cm³/mol. The molecule has 2 N–H and O–H groups in total. The summed E-state index contributed by atoms with van der Waals surface area (Å²) in [7, 11) is 0. The Labute approximate surface area is 199 Å². The van der Waals surface area contributed by atoms with E-state index >= 15 is 4.39 Å². The highest BCUT2D eigenvalue weighted by Gasteiger charge is 2.35. The van der Waals surface area contributed by atoms with Crippen LogP contribution < -0.4 is 10.1 Å². The lowest BCUT2D eigenvalue weighted by molar-refractivity contribution is 0.0945. The molecule has 0 unspecified atom stereocenters. The molecule has 5 heterocycles. The second kappa shape index (κ2) is 7.48. The van der Waals surface area contributed by atoms with Crippen molar-refractivity contribution in [3.05, 3.63) is 50.9 Å². The third-order valence-corrected chi connectivity index (χ3v) is 7.48. The number of rotatable bonds is 3. The molecule has 0 atom stereocenters. The molecule has 0 radical (unpaired) electrons. The van der Waals surface area contributed by atoms with Crippen molar-refractivity contribution >= 4 is 17.5 Å². The second-order valence-electron chi connectivity index (χ2n) is 9.39. The topological polar surface area (TPSA) is 96.0 Å². The van der Waals surface area contributed by atoms with Gasteiger partial charge >= 0.3 is 0 Å². The lowest BCUT2D eigenvalue weighted by Gasteiger charge is -2.28. The monoisotopic (exact) mass is 480 g/mol. The first kappa shape index (κ1) is 20.3. The van der Waals surface area contributed by atoms with E-state index in [0.29, 0.717) is 55.2 Å². The summed E-state index contributed by atoms with van der Waals surface area (Å²) in [6.45, 7) is 2.15. The van der Waals surface area contributed by atoms with E-state index in [9.17, 15) is 4.79 Å². The van der Waals surface area contributed by atoms with Crippen molar-refractivity contribution in [3.63, 3.8) is 0 Å². The first-order valence-electron chi connectivity index (χ1n) is 11.7. The summed E-state index contributed by atoms with van der Waals surface area (Å²) in [5.74, 6) is -0.552. The van der Waals surface area contributed by atoms with Gasteiger partial charge in [-0.25, -0.2) is 14.4 Å². The minimum absolute atomic E-state index is 0.0809. The number of halogens is 2. The molecular weight excluding hydrogens is 459 g/mol. The van der Waals surface area contributed by atoms with Crippen LogP contribution in [0.5, 0.6) is 11.8 Å². The Kier molecular flexibility index (Phi) is 4.48. The SMILES string of the molecule is O=C1NCCc2[nH]c3c(c21)CCc1cnc(Oc2nc(Cl)nc4c2CN(C2CC2)CC4)c(F)c1-3. The molecule has 4 aliphatic rings. The van der Waals surface area contributed by atoms with Gasteiger partial charge in [-0.2, -0.15) is 4.98 Å². The zero-order chi connectivity index (χ0) is 23.0. The molecule has 1 amide bonds. The molecule has 10 heteroatoms. The zero-order valence-corrected chi connectivity index (χ0v) is 19.1. The van der Waals surface area contributed by atoms with Gasteiger partial charge in [0, 0.05) is 56.0 Å². The number of nitrogens with one attached hydrogen (secondary N) is 2. The van der Waals surface area contributed by atoms with E-state index in [2.05, 4.69) is 30.2 Å². The highest BCUT2D eigenvalue weighted by atomic mass is 35.5. The Morgan fingerprint density at radius 1 is 1.09 bits per heavy atom. The van der Waals surface area contributed by atoms with Crippen LogP contribution in [-0.2, 0) is 32.2 Å². The Bertz CT molecular complexity index is 1370. The number of fused-ring (bicyclic) bond motifs is 6. The van der Waals surface area contributed by atoms with Crippen molar-refractivity contribution in [2.24, 2.45) is 0 Å². The maximum absolute atomic E-state index is 15.9. The van der Waals surface area contributed by atoms with Crippen LogP contribution in [0.4, 0.5) is 4.39 Å². The molecule has 7 rings (SSSR count). The van der Waals surface area contributed by atoms with Crippen molar-refractivity contribution in [3.8, 4) is 23.0 Å². The predicted octanol–water partition coefficient (Wildman–Crippen LogP) is 3.36. The van der Waals surface area contributed by atoms with Crippen LogP contribution in [0.15, 0.2) is 6.20 Å². The highest BCUT2D eigenvalue weighted by Crippen LogP contribution is 2.42. The molecule has 1 saturated carbocycles. The van der Waals surface area contributed by atoms with Crippen LogP contribution in [0.1, 0.15) is 51.3 Å². The number of hydrogen-bond donors (Lipinski definition) is 2. The molecule has 3 aromatic rings. The van der Waals surface area contributed by atoms with Gasteiger partial charge in [0.05, 0.1) is 22.5 Å². The average Bonchev–Trinajstić information content (AvgIpc) is 3.60. The number of ether oxygens (including phenoxy) is 1. The number of nitrogens with zero attached hydrogens (tertiary/aromatic N) is 4. The van der Waals surface area contributed by atoms with E-state index < -0.39 is 5.82 Å². The lowest BCUT2D eigenvalue weighted by atomic mass is 9.88. The number of aromatic nitrogens is 4. The number of carbonyl (C=O) groups excluding carboxylic acids is 1. The number of aryl methyl sites for hydroxylation is 1. The fourth-order valence-corrected chi connectivity index (χ4v) is 5.69. The summed E-state index contributed by atoms with van der Waals surface area (Å²) in [6.07, 6.45) is 6.77. The Hall–Kier alpha value is -3.04. The molecule has 0 spiro atoms. The van der Waals surface area contributed by atoms with Gasteiger partial charge in [0.1, 0.15) is 0 Å². The third kappa shape index (κ3) is 3.14. The number of amides is 1. The number of carbonyl (C=O) groups is 1. The summed E-state index contributed by atoms with van der Waals surface area (Å²) in [6, 6.07) is 0.588. The normalized spacial score (nSPS) is 19.1. The molecule has 34 heavy (non-hydrogen) atoms. The van der Waals surface area contributed by atoms with Crippen molar-refractivity contribution in [2.75, 3.05) is 13.1 Å². The Morgan fingerprint density at radius 3 is 2.82 bits per heavy atom. The van der Waals surface area contributed by atoms with Crippen LogP contribution in [0, 0.1) is 5.82 Å². The maximum Gasteiger partial charge on any atom is 0.258 e. The van der Waals surface area contributed by atoms with Crippen LogP contribution in [0.2, 0.25) is 5.28 Å². The molecule has 2 aliphatic carbocycles. The minimum Gasteiger partial charge on any atom is -0.417 e. The van der Waals surface area contributed by atoms with Gasteiger partial charge in [0.2, 0.25) is 11.2 Å². The van der Waals surface area contributed by atoms with E-state index in [-0.39, 0.29) is 23.0 Å². The van der Waals surface area contributed by atoms with E-state index in [4.69, 9.17) is 16.3 Å². The van der Waals surface area contributed by atoms with E-state index in [1.807, 2.05) is 0 Å². The second-order valence-corrected chi connectivity index (χ2v) is 9.73. The first-order valence-corrected chi connectivity index (χ1v) is 12.1. The standard InChI is InChI=1S/C24H22ClFN6O2/c25-24-30-15-6-8-32(12-2-3-12)10-14(15)22(31-24)34-23-19(26)17-11(9-28-23)1-4-13-18-16(29-20(13)17)5-7-27-21(18)33/h9,12,29H,1-8,10H2,(H,27,33). The van der Waals surface area contributed by atoms with Crippen molar-refractivity contribution in [1.82, 2.24) is 30.2 Å². The van der Waals surface area contributed by atoms with E-state index in [0.717, 1.165) is 41.0 Å². The maximum atomic E-state index is 15.9. The van der Waals surface area contributed by atoms with Gasteiger partial charge in [-0.05, 0) is 48.4 Å². The van der Waals surface area contributed by atoms with Crippen molar-refractivity contribution in [2.45, 2.75) is 51.1 Å². The molecular formula is C24H22ClFN6O2. The Morgan fingerprint density at radius 2 is 1.97 bits per heavy atom. The molecule has 0 aromatic carbocycles. The summed E-state index contributed by atoms with van der Waals surface area (Å²) >= 11 is 6.18. The smallest absolute Gasteiger partial charge is 0.258 e. The quantitative estimate of drug-likeness (QED) is 0.558. The van der Waals surface area contributed by atoms with Crippen LogP contribution in [0.3, 0.4) is 0 Å². The van der Waals surface area contributed by atoms with Crippen molar-refractivity contribution < 1.29 is 13.9 Å². The Balaban J connectivity index is 1.30. The molecule has 0 bridgehead atoms. The largest absolute Gasteiger partial charge is 0.417 e. The minimum atomic E-state index is -0.559. The summed E-state index contributed by atoms with van der Waals surface area (Å²) in [4.78, 5) is 31.2. The van der Waals surface area contributed by atoms with Crippen molar-refractivity contribution in [1.29, 1.82) is 0 Å². The van der Waals surface area contributed by atoms with E-state index in [1.54, 1.807) is 6.20 Å². The molecule has 2 aliphatic heterocycles. The van der Waals surface area contributed by atoms with Gasteiger partial charge in [-0.1, -0.05) is 0 Å². The van der Waals surface area contributed by atoms with Gasteiger partial charge in [-0.15, -0.1) is 0 Å². The van der Waals surface area contributed by atoms with Gasteiger partial charge in [0.25, 0.3) is 11.8 Å². The molecule has 8 nitrogen and oxygen atoms in total. The lowest BCUT2D eigenvalue weighted by Crippen LogP contribution is -2.33. The number of H-pyrrole nitrogens is 1. The van der Waals surface area contributed by atoms with Crippen LogP contribution in [-0.4, -0.2) is 49.9 Å². The highest BCUT2D eigenvalue weighted by molar-refractivity contribution is 6.28. The fraction of sp³-hybridized carbons (Fsp3) is 0.417. The third-order valence-electron chi connectivity index (χ3n) is 7.31. The van der Waals surface area contributed by atoms with Gasteiger partial charge in [-0.3, -0.25) is 9.69 Å². The molecule has 1 fully saturated rings. The molecule has 0 saturated heterocycles. The first-order chi connectivity index (χ1) is 16.6. The van der Waals surface area contributed by atoms with Crippen LogP contribution in [0.25, 0.3) is 11.3 Å².